The second-order valence-corrected chi connectivity index (χ2v) is 7.04. The predicted molar refractivity (Wildman–Crippen MR) is 91.1 cm³/mol. The molecular formula is C20H24N2O. The molecule has 0 spiro atoms. The number of fused-ring (bicyclic) bond motifs is 1. The average molecular weight is 308 g/mol. The molecule has 3 heteroatoms. The predicted octanol–water partition coefficient (Wildman–Crippen LogP) is 2.83. The van der Waals surface area contributed by atoms with Crippen LogP contribution in [0.2, 0.25) is 0 Å². The number of hydrogen-bond donors (Lipinski definition) is 2. The summed E-state index contributed by atoms with van der Waals surface area (Å²) in [6, 6.07) is 14.8. The maximum absolute atomic E-state index is 11.1. The van der Waals surface area contributed by atoms with E-state index >= 15 is 0 Å². The zero-order valence-corrected chi connectivity index (χ0v) is 13.4. The Hall–Kier alpha value is -1.71. The van der Waals surface area contributed by atoms with Crippen molar-refractivity contribution in [3.8, 4) is 0 Å². The molecule has 4 rings (SSSR count). The third kappa shape index (κ3) is 3.17. The minimum absolute atomic E-state index is 0.418. The molecule has 1 saturated carbocycles. The Morgan fingerprint density at radius 1 is 1.17 bits per heavy atom. The van der Waals surface area contributed by atoms with Crippen molar-refractivity contribution < 1.29 is 5.11 Å². The van der Waals surface area contributed by atoms with Crippen molar-refractivity contribution in [2.24, 2.45) is 5.92 Å². The van der Waals surface area contributed by atoms with Gasteiger partial charge in [0.25, 0.3) is 0 Å². The summed E-state index contributed by atoms with van der Waals surface area (Å²) in [7, 11) is 0. The highest BCUT2D eigenvalue weighted by Gasteiger charge is 2.38. The van der Waals surface area contributed by atoms with Crippen molar-refractivity contribution >= 4 is 0 Å². The molecule has 2 aliphatic carbocycles. The van der Waals surface area contributed by atoms with Crippen molar-refractivity contribution in [1.82, 2.24) is 10.3 Å². The van der Waals surface area contributed by atoms with E-state index in [4.69, 9.17) is 0 Å². The molecule has 2 atom stereocenters. The Balaban J connectivity index is 1.44. The van der Waals surface area contributed by atoms with E-state index in [1.807, 2.05) is 24.4 Å². The topological polar surface area (TPSA) is 45.1 Å². The van der Waals surface area contributed by atoms with E-state index in [2.05, 4.69) is 34.6 Å². The number of hydrogen-bond acceptors (Lipinski definition) is 3. The van der Waals surface area contributed by atoms with Gasteiger partial charge in [-0.05, 0) is 54.9 Å². The summed E-state index contributed by atoms with van der Waals surface area (Å²) in [5, 5.41) is 14.7. The Morgan fingerprint density at radius 3 is 2.78 bits per heavy atom. The van der Waals surface area contributed by atoms with Gasteiger partial charge in [-0.3, -0.25) is 4.98 Å². The molecule has 120 valence electrons. The number of rotatable bonds is 6. The van der Waals surface area contributed by atoms with Crippen LogP contribution in [0, 0.1) is 5.92 Å². The monoisotopic (exact) mass is 308 g/mol. The van der Waals surface area contributed by atoms with Crippen LogP contribution in [0.15, 0.2) is 48.7 Å². The molecule has 0 bridgehead atoms. The fraction of sp³-hybridized carbons (Fsp3) is 0.450. The SMILES string of the molecule is O[C@@]1(CN[C@H](Cc2ccccn2)C2CC2)CCc2ccccc21. The van der Waals surface area contributed by atoms with Gasteiger partial charge in [-0.2, -0.15) is 0 Å². The van der Waals surface area contributed by atoms with E-state index in [0.29, 0.717) is 12.6 Å². The van der Waals surface area contributed by atoms with Gasteiger partial charge < -0.3 is 10.4 Å². The minimum atomic E-state index is -0.714. The van der Waals surface area contributed by atoms with Crippen LogP contribution in [0.4, 0.5) is 0 Å². The van der Waals surface area contributed by atoms with Gasteiger partial charge >= 0.3 is 0 Å². The van der Waals surface area contributed by atoms with Gasteiger partial charge in [-0.1, -0.05) is 30.3 Å². The molecule has 1 heterocycles. The summed E-state index contributed by atoms with van der Waals surface area (Å²) in [6.45, 7) is 0.637. The van der Waals surface area contributed by atoms with Gasteiger partial charge in [-0.25, -0.2) is 0 Å². The fourth-order valence-electron chi connectivity index (χ4n) is 3.80. The van der Waals surface area contributed by atoms with Crippen LogP contribution in [-0.2, 0) is 18.4 Å². The highest BCUT2D eigenvalue weighted by atomic mass is 16.3. The molecule has 0 aliphatic heterocycles. The van der Waals surface area contributed by atoms with Gasteiger partial charge in [0, 0.05) is 30.9 Å². The second-order valence-electron chi connectivity index (χ2n) is 7.04. The number of benzene rings is 1. The van der Waals surface area contributed by atoms with Crippen molar-refractivity contribution in [3.63, 3.8) is 0 Å². The quantitative estimate of drug-likeness (QED) is 0.862. The number of pyridine rings is 1. The molecule has 23 heavy (non-hydrogen) atoms. The van der Waals surface area contributed by atoms with Gasteiger partial charge in [0.15, 0.2) is 0 Å². The molecule has 0 saturated heterocycles. The largest absolute Gasteiger partial charge is 0.384 e. The fourth-order valence-corrected chi connectivity index (χ4v) is 3.80. The summed E-state index contributed by atoms with van der Waals surface area (Å²) in [5.41, 5.74) is 2.83. The van der Waals surface area contributed by atoms with Gasteiger partial charge in [0.2, 0.25) is 0 Å². The van der Waals surface area contributed by atoms with Crippen LogP contribution in [0.1, 0.15) is 36.1 Å². The molecule has 0 radical (unpaired) electrons. The molecule has 2 N–H and O–H groups in total. The molecule has 3 nitrogen and oxygen atoms in total. The van der Waals surface area contributed by atoms with Crippen molar-refractivity contribution in [1.29, 1.82) is 0 Å². The number of aryl methyl sites for hydroxylation is 1. The molecule has 2 aliphatic rings. The maximum atomic E-state index is 11.1. The summed E-state index contributed by atoms with van der Waals surface area (Å²) in [4.78, 5) is 4.46. The van der Waals surface area contributed by atoms with Crippen LogP contribution in [-0.4, -0.2) is 22.7 Å². The van der Waals surface area contributed by atoms with Crippen molar-refractivity contribution in [2.75, 3.05) is 6.54 Å². The zero-order valence-electron chi connectivity index (χ0n) is 13.4. The Morgan fingerprint density at radius 2 is 2.00 bits per heavy atom. The third-order valence-corrected chi connectivity index (χ3v) is 5.33. The third-order valence-electron chi connectivity index (χ3n) is 5.33. The number of nitrogens with zero attached hydrogens (tertiary/aromatic N) is 1. The Labute approximate surface area is 137 Å². The summed E-state index contributed by atoms with van der Waals surface area (Å²) in [6.07, 6.45) is 7.19. The van der Waals surface area contributed by atoms with Crippen LogP contribution in [0.25, 0.3) is 0 Å². The first kappa shape index (κ1) is 14.9. The van der Waals surface area contributed by atoms with Gasteiger partial charge in [0.05, 0.1) is 0 Å². The lowest BCUT2D eigenvalue weighted by Gasteiger charge is -2.28. The second kappa shape index (κ2) is 6.06. The van der Waals surface area contributed by atoms with Gasteiger partial charge in [0.1, 0.15) is 5.60 Å². The van der Waals surface area contributed by atoms with Crippen LogP contribution in [0.3, 0.4) is 0 Å². The van der Waals surface area contributed by atoms with E-state index in [-0.39, 0.29) is 0 Å². The normalized spacial score (nSPS) is 24.4. The highest BCUT2D eigenvalue weighted by Crippen LogP contribution is 2.38. The molecule has 1 aromatic heterocycles. The first-order chi connectivity index (χ1) is 11.2. The van der Waals surface area contributed by atoms with E-state index in [0.717, 1.165) is 36.4 Å². The Kier molecular flexibility index (Phi) is 3.92. The van der Waals surface area contributed by atoms with Gasteiger partial charge in [-0.15, -0.1) is 0 Å². The zero-order chi connectivity index (χ0) is 15.7. The lowest BCUT2D eigenvalue weighted by Crippen LogP contribution is -2.43. The highest BCUT2D eigenvalue weighted by molar-refractivity contribution is 5.37. The number of aromatic nitrogens is 1. The van der Waals surface area contributed by atoms with Crippen LogP contribution >= 0.6 is 0 Å². The summed E-state index contributed by atoms with van der Waals surface area (Å²) < 4.78 is 0. The average Bonchev–Trinajstić information content (AvgIpc) is 3.38. The standard InChI is InChI=1S/C20H24N2O/c23-20(11-10-15-5-1-2-7-18(15)20)14-22-19(16-8-9-16)13-17-6-3-4-12-21-17/h1-7,12,16,19,22-23H,8-11,13-14H2/t19-,20-/m1/s1. The van der Waals surface area contributed by atoms with E-state index in [1.165, 1.54) is 18.4 Å². The smallest absolute Gasteiger partial charge is 0.103 e. The first-order valence-corrected chi connectivity index (χ1v) is 8.69. The van der Waals surface area contributed by atoms with Crippen molar-refractivity contribution in [2.45, 2.75) is 43.7 Å². The van der Waals surface area contributed by atoms with Crippen LogP contribution < -0.4 is 5.32 Å². The number of aliphatic hydroxyl groups is 1. The number of nitrogens with one attached hydrogen (secondary N) is 1. The molecule has 2 aromatic rings. The first-order valence-electron chi connectivity index (χ1n) is 8.69. The van der Waals surface area contributed by atoms with E-state index in [1.54, 1.807) is 0 Å². The lowest BCUT2D eigenvalue weighted by atomic mass is 9.95. The molecule has 1 fully saturated rings. The molecule has 0 amide bonds. The molecule has 1 aromatic carbocycles. The van der Waals surface area contributed by atoms with E-state index < -0.39 is 5.60 Å². The minimum Gasteiger partial charge on any atom is -0.384 e. The molecule has 0 unspecified atom stereocenters. The summed E-state index contributed by atoms with van der Waals surface area (Å²) in [5.74, 6) is 0.734. The van der Waals surface area contributed by atoms with Crippen LogP contribution in [0.5, 0.6) is 0 Å². The molecular weight excluding hydrogens is 284 g/mol. The summed E-state index contributed by atoms with van der Waals surface area (Å²) >= 11 is 0. The van der Waals surface area contributed by atoms with Crippen molar-refractivity contribution in [3.05, 3.63) is 65.5 Å². The maximum Gasteiger partial charge on any atom is 0.103 e. The van der Waals surface area contributed by atoms with E-state index in [9.17, 15) is 5.11 Å². The Bertz CT molecular complexity index is 668. The lowest BCUT2D eigenvalue weighted by molar-refractivity contribution is 0.0350.